The van der Waals surface area contributed by atoms with Crippen LogP contribution < -0.4 is 4.72 Å². The molecule has 0 bridgehead atoms. The topological polar surface area (TPSA) is 44.7 Å². The Morgan fingerprint density at radius 2 is 2.67 bits per heavy atom. The van der Waals surface area contributed by atoms with E-state index in [1.807, 2.05) is 0 Å². The molecule has 0 saturated carbocycles. The third kappa shape index (κ3) is 1.35. The highest BCUT2D eigenvalue weighted by molar-refractivity contribution is 7.78. The zero-order valence-electron chi connectivity index (χ0n) is 4.74. The smallest absolute Gasteiger partial charge is 0.284 e. The van der Waals surface area contributed by atoms with E-state index in [0.29, 0.717) is 13.1 Å². The molecule has 0 aromatic carbocycles. The molecule has 1 aliphatic heterocycles. The fraction of sp³-hybridized carbons (Fsp3) is 0.500. The van der Waals surface area contributed by atoms with Gasteiger partial charge in [-0.3, -0.25) is 14.6 Å². The second-order valence-corrected chi connectivity index (χ2v) is 1.86. The first-order valence-corrected chi connectivity index (χ1v) is 3.00. The van der Waals surface area contributed by atoms with Crippen LogP contribution in [0, 0.1) is 0 Å². The maximum absolute atomic E-state index is 10.7. The number of urea groups is 1. The zero-order chi connectivity index (χ0) is 6.69. The van der Waals surface area contributed by atoms with E-state index in [1.165, 1.54) is 11.2 Å². The molecule has 0 saturated heterocycles. The van der Waals surface area contributed by atoms with Gasteiger partial charge in [0.25, 0.3) is 0 Å². The van der Waals surface area contributed by atoms with Crippen molar-refractivity contribution in [3.8, 4) is 0 Å². The van der Waals surface area contributed by atoms with E-state index in [4.69, 9.17) is 0 Å². The second kappa shape index (κ2) is 2.72. The molecule has 0 atom stereocenters. The van der Waals surface area contributed by atoms with E-state index in [0.717, 1.165) is 0 Å². The molecule has 0 aromatic rings. The SMILES string of the molecule is O=C(NS)N1C=NCC1. The molecule has 1 aliphatic rings. The zero-order valence-corrected chi connectivity index (χ0v) is 5.64. The van der Waals surface area contributed by atoms with Gasteiger partial charge < -0.3 is 0 Å². The first-order valence-electron chi connectivity index (χ1n) is 2.55. The molecular formula is C4H7N3OS. The van der Waals surface area contributed by atoms with Crippen molar-refractivity contribution in [2.45, 2.75) is 0 Å². The van der Waals surface area contributed by atoms with Crippen molar-refractivity contribution in [1.82, 2.24) is 9.62 Å². The van der Waals surface area contributed by atoms with Gasteiger partial charge in [-0.15, -0.1) is 0 Å². The minimum atomic E-state index is -0.223. The van der Waals surface area contributed by atoms with E-state index in [-0.39, 0.29) is 6.03 Å². The lowest BCUT2D eigenvalue weighted by molar-refractivity contribution is 0.231. The lowest BCUT2D eigenvalue weighted by Crippen LogP contribution is -2.33. The second-order valence-electron chi connectivity index (χ2n) is 1.63. The van der Waals surface area contributed by atoms with E-state index >= 15 is 0 Å². The predicted molar refractivity (Wildman–Crippen MR) is 37.6 cm³/mol. The molecule has 0 aliphatic carbocycles. The van der Waals surface area contributed by atoms with E-state index in [2.05, 4.69) is 22.5 Å². The van der Waals surface area contributed by atoms with Crippen molar-refractivity contribution in [2.24, 2.45) is 4.99 Å². The first kappa shape index (κ1) is 6.41. The molecule has 9 heavy (non-hydrogen) atoms. The summed E-state index contributed by atoms with van der Waals surface area (Å²) in [5, 5.41) is 0. The molecule has 0 spiro atoms. The fourth-order valence-corrected chi connectivity index (χ4v) is 0.726. The standard InChI is InChI=1S/C4H7N3OS/c8-4(6-9)7-2-1-5-3-7/h3,9H,1-2H2,(H,6,8). The van der Waals surface area contributed by atoms with Crippen molar-refractivity contribution >= 4 is 25.2 Å². The number of aliphatic imine (C=N–C) groups is 1. The molecule has 5 heteroatoms. The number of hydrogen-bond donors (Lipinski definition) is 2. The van der Waals surface area contributed by atoms with E-state index in [1.54, 1.807) is 0 Å². The summed E-state index contributed by atoms with van der Waals surface area (Å²) in [6.45, 7) is 1.35. The van der Waals surface area contributed by atoms with E-state index in [9.17, 15) is 4.79 Å². The molecule has 0 aromatic heterocycles. The lowest BCUT2D eigenvalue weighted by Gasteiger charge is -2.08. The van der Waals surface area contributed by atoms with Crippen molar-refractivity contribution < 1.29 is 4.79 Å². The van der Waals surface area contributed by atoms with Crippen LogP contribution in [0.2, 0.25) is 0 Å². The van der Waals surface area contributed by atoms with Gasteiger partial charge in [0.2, 0.25) is 0 Å². The number of hydrogen-bond acceptors (Lipinski definition) is 3. The first-order chi connectivity index (χ1) is 4.34. The molecule has 1 N–H and O–H groups in total. The summed E-state index contributed by atoms with van der Waals surface area (Å²) < 4.78 is 2.20. The average Bonchev–Trinajstić information content (AvgIpc) is 2.37. The van der Waals surface area contributed by atoms with Crippen LogP contribution in [0.3, 0.4) is 0 Å². The van der Waals surface area contributed by atoms with Crippen LogP contribution in [0.15, 0.2) is 4.99 Å². The van der Waals surface area contributed by atoms with Gasteiger partial charge in [-0.25, -0.2) is 4.79 Å². The number of thiol groups is 1. The molecule has 0 unspecified atom stereocenters. The number of carbonyl (C=O) groups excluding carboxylic acids is 1. The summed E-state index contributed by atoms with van der Waals surface area (Å²) in [6, 6.07) is -0.223. The van der Waals surface area contributed by atoms with Crippen molar-refractivity contribution in [2.75, 3.05) is 13.1 Å². The number of rotatable bonds is 0. The highest BCUT2D eigenvalue weighted by atomic mass is 32.1. The van der Waals surface area contributed by atoms with Crippen LogP contribution in [0.4, 0.5) is 4.79 Å². The third-order valence-electron chi connectivity index (χ3n) is 1.05. The molecule has 50 valence electrons. The van der Waals surface area contributed by atoms with Crippen molar-refractivity contribution in [1.29, 1.82) is 0 Å². The number of nitrogens with zero attached hydrogens (tertiary/aromatic N) is 2. The quantitative estimate of drug-likeness (QED) is 0.459. The molecule has 0 radical (unpaired) electrons. The minimum absolute atomic E-state index is 0.223. The van der Waals surface area contributed by atoms with E-state index < -0.39 is 0 Å². The maximum atomic E-state index is 10.7. The van der Waals surface area contributed by atoms with Gasteiger partial charge >= 0.3 is 6.03 Å². The predicted octanol–water partition coefficient (Wildman–Crippen LogP) is -0.115. The Morgan fingerprint density at radius 1 is 1.89 bits per heavy atom. The van der Waals surface area contributed by atoms with Gasteiger partial charge in [0.1, 0.15) is 0 Å². The summed E-state index contributed by atoms with van der Waals surface area (Å²) in [5.41, 5.74) is 0. The Morgan fingerprint density at radius 3 is 3.11 bits per heavy atom. The van der Waals surface area contributed by atoms with Crippen molar-refractivity contribution in [3.63, 3.8) is 0 Å². The van der Waals surface area contributed by atoms with Gasteiger partial charge in [0, 0.05) is 6.54 Å². The van der Waals surface area contributed by atoms with Crippen molar-refractivity contribution in [3.05, 3.63) is 0 Å². The Hall–Kier alpha value is -0.710. The van der Waals surface area contributed by atoms with Gasteiger partial charge in [-0.05, 0) is 0 Å². The fourth-order valence-electron chi connectivity index (χ4n) is 0.598. The molecule has 4 nitrogen and oxygen atoms in total. The van der Waals surface area contributed by atoms with Gasteiger partial charge in [-0.1, -0.05) is 12.8 Å². The number of nitrogens with one attached hydrogen (secondary N) is 1. The Kier molecular flexibility index (Phi) is 1.94. The summed E-state index contributed by atoms with van der Waals surface area (Å²) in [7, 11) is 0. The Labute approximate surface area is 58.5 Å². The van der Waals surface area contributed by atoms with Crippen LogP contribution in [-0.4, -0.2) is 30.4 Å². The molecule has 2 amide bonds. The largest absolute Gasteiger partial charge is 0.332 e. The number of amides is 2. The third-order valence-corrected chi connectivity index (χ3v) is 1.24. The van der Waals surface area contributed by atoms with Crippen LogP contribution in [0.5, 0.6) is 0 Å². The number of carbonyl (C=O) groups is 1. The van der Waals surface area contributed by atoms with Crippen LogP contribution in [0.1, 0.15) is 0 Å². The normalized spacial score (nSPS) is 16.3. The van der Waals surface area contributed by atoms with Gasteiger partial charge in [-0.2, -0.15) is 0 Å². The summed E-state index contributed by atoms with van der Waals surface area (Å²) >= 11 is 3.59. The molecule has 1 rings (SSSR count). The summed E-state index contributed by atoms with van der Waals surface area (Å²) in [4.78, 5) is 16.0. The average molecular weight is 145 g/mol. The van der Waals surface area contributed by atoms with Crippen LogP contribution >= 0.6 is 12.8 Å². The monoisotopic (exact) mass is 145 g/mol. The van der Waals surface area contributed by atoms with Crippen LogP contribution in [-0.2, 0) is 0 Å². The Balaban J connectivity index is 2.43. The molecule has 1 heterocycles. The Bertz CT molecular complexity index is 147. The van der Waals surface area contributed by atoms with Crippen LogP contribution in [0.25, 0.3) is 0 Å². The molecular weight excluding hydrogens is 138 g/mol. The summed E-state index contributed by atoms with van der Waals surface area (Å²) in [5.74, 6) is 0. The highest BCUT2D eigenvalue weighted by Gasteiger charge is 2.11. The lowest BCUT2D eigenvalue weighted by atomic mass is 10.6. The molecule has 0 fully saturated rings. The van der Waals surface area contributed by atoms with Gasteiger partial charge in [0.05, 0.1) is 12.9 Å². The van der Waals surface area contributed by atoms with Gasteiger partial charge in [0.15, 0.2) is 0 Å². The summed E-state index contributed by atoms with van der Waals surface area (Å²) in [6.07, 6.45) is 1.51. The maximum Gasteiger partial charge on any atom is 0.332 e. The highest BCUT2D eigenvalue weighted by Crippen LogP contribution is 1.92. The minimum Gasteiger partial charge on any atom is -0.284 e.